The van der Waals surface area contributed by atoms with Crippen molar-refractivity contribution in [2.45, 2.75) is 38.6 Å². The lowest BCUT2D eigenvalue weighted by molar-refractivity contribution is -0.129. The maximum atomic E-state index is 12.1. The number of carbonyl (C=O) groups excluding carboxylic acids is 2. The molecule has 0 radical (unpaired) electrons. The predicted octanol–water partition coefficient (Wildman–Crippen LogP) is 0.344. The molecule has 0 aliphatic heterocycles. The number of hydrogen-bond donors (Lipinski definition) is 2. The average molecular weight is 255 g/mol. The van der Waals surface area contributed by atoms with Gasteiger partial charge in [-0.25, -0.2) is 0 Å². The van der Waals surface area contributed by atoms with E-state index in [2.05, 4.69) is 12.2 Å². The Bertz CT molecular complexity index is 295. The molecular formula is C13H25N3O2. The standard InChI is InChI=1S/C13H25N3O2/c1-9-5-4-6-10(14)12(9)13(18)15-8-7-11(17)16(2)3/h9-10,12H,4-8,14H2,1-3H3,(H,15,18). The monoisotopic (exact) mass is 255 g/mol. The van der Waals surface area contributed by atoms with Gasteiger partial charge in [-0.05, 0) is 18.8 Å². The summed E-state index contributed by atoms with van der Waals surface area (Å²) in [6.45, 7) is 2.47. The Balaban J connectivity index is 2.37. The van der Waals surface area contributed by atoms with Gasteiger partial charge in [0.15, 0.2) is 0 Å². The second-order valence-electron chi connectivity index (χ2n) is 5.43. The highest BCUT2D eigenvalue weighted by Crippen LogP contribution is 2.28. The van der Waals surface area contributed by atoms with Crippen LogP contribution in [0.5, 0.6) is 0 Å². The van der Waals surface area contributed by atoms with E-state index in [9.17, 15) is 9.59 Å². The van der Waals surface area contributed by atoms with Gasteiger partial charge in [-0.15, -0.1) is 0 Å². The molecule has 0 spiro atoms. The third kappa shape index (κ3) is 3.98. The van der Waals surface area contributed by atoms with Crippen LogP contribution in [0.15, 0.2) is 0 Å². The van der Waals surface area contributed by atoms with E-state index in [1.54, 1.807) is 14.1 Å². The summed E-state index contributed by atoms with van der Waals surface area (Å²) in [6.07, 6.45) is 3.42. The fourth-order valence-electron chi connectivity index (χ4n) is 2.54. The normalized spacial score (nSPS) is 27.7. The van der Waals surface area contributed by atoms with Gasteiger partial charge in [0.1, 0.15) is 0 Å². The van der Waals surface area contributed by atoms with E-state index in [1.165, 1.54) is 4.90 Å². The van der Waals surface area contributed by atoms with Crippen molar-refractivity contribution in [1.82, 2.24) is 10.2 Å². The number of amides is 2. The molecule has 1 aliphatic carbocycles. The molecule has 0 heterocycles. The summed E-state index contributed by atoms with van der Waals surface area (Å²) in [5.74, 6) is 0.254. The van der Waals surface area contributed by atoms with Crippen molar-refractivity contribution < 1.29 is 9.59 Å². The fourth-order valence-corrected chi connectivity index (χ4v) is 2.54. The van der Waals surface area contributed by atoms with E-state index < -0.39 is 0 Å². The Hall–Kier alpha value is -1.10. The highest BCUT2D eigenvalue weighted by atomic mass is 16.2. The molecule has 5 nitrogen and oxygen atoms in total. The van der Waals surface area contributed by atoms with Crippen molar-refractivity contribution in [3.8, 4) is 0 Å². The minimum absolute atomic E-state index is 0.00116. The van der Waals surface area contributed by atoms with E-state index in [0.717, 1.165) is 19.3 Å². The Labute approximate surface area is 109 Å². The number of hydrogen-bond acceptors (Lipinski definition) is 3. The van der Waals surface area contributed by atoms with Gasteiger partial charge < -0.3 is 16.0 Å². The molecule has 5 heteroatoms. The van der Waals surface area contributed by atoms with Gasteiger partial charge in [0, 0.05) is 33.1 Å². The maximum Gasteiger partial charge on any atom is 0.224 e. The zero-order chi connectivity index (χ0) is 13.7. The lowest BCUT2D eigenvalue weighted by Gasteiger charge is -2.33. The molecule has 1 fully saturated rings. The molecule has 0 aromatic rings. The third-order valence-electron chi connectivity index (χ3n) is 3.71. The molecule has 104 valence electrons. The van der Waals surface area contributed by atoms with E-state index in [1.807, 2.05) is 0 Å². The van der Waals surface area contributed by atoms with Crippen LogP contribution in [-0.4, -0.2) is 43.4 Å². The van der Waals surface area contributed by atoms with Crippen molar-refractivity contribution in [3.63, 3.8) is 0 Å². The van der Waals surface area contributed by atoms with Crippen LogP contribution in [0.2, 0.25) is 0 Å². The van der Waals surface area contributed by atoms with Crippen LogP contribution in [-0.2, 0) is 9.59 Å². The highest BCUT2D eigenvalue weighted by molar-refractivity contribution is 5.81. The van der Waals surface area contributed by atoms with Crippen molar-refractivity contribution in [1.29, 1.82) is 0 Å². The summed E-state index contributed by atoms with van der Waals surface area (Å²) in [7, 11) is 3.42. The summed E-state index contributed by atoms with van der Waals surface area (Å²) < 4.78 is 0. The average Bonchev–Trinajstić information content (AvgIpc) is 2.28. The van der Waals surface area contributed by atoms with Gasteiger partial charge >= 0.3 is 0 Å². The van der Waals surface area contributed by atoms with Gasteiger partial charge in [-0.3, -0.25) is 9.59 Å². The molecular weight excluding hydrogens is 230 g/mol. The molecule has 0 bridgehead atoms. The second-order valence-corrected chi connectivity index (χ2v) is 5.43. The lowest BCUT2D eigenvalue weighted by Crippen LogP contribution is -2.47. The molecule has 3 N–H and O–H groups in total. The van der Waals surface area contributed by atoms with Crippen LogP contribution in [0.25, 0.3) is 0 Å². The molecule has 2 amide bonds. The molecule has 1 aliphatic rings. The Morgan fingerprint density at radius 2 is 2.00 bits per heavy atom. The molecule has 1 saturated carbocycles. The van der Waals surface area contributed by atoms with Crippen molar-refractivity contribution >= 4 is 11.8 Å². The largest absolute Gasteiger partial charge is 0.355 e. The fraction of sp³-hybridized carbons (Fsp3) is 0.846. The van der Waals surface area contributed by atoms with Crippen LogP contribution in [0, 0.1) is 11.8 Å². The summed E-state index contributed by atoms with van der Waals surface area (Å²) >= 11 is 0. The topological polar surface area (TPSA) is 75.4 Å². The van der Waals surface area contributed by atoms with Crippen LogP contribution >= 0.6 is 0 Å². The summed E-state index contributed by atoms with van der Waals surface area (Å²) in [5, 5.41) is 2.83. The highest BCUT2D eigenvalue weighted by Gasteiger charge is 2.33. The minimum atomic E-state index is -0.104. The first-order valence-electron chi connectivity index (χ1n) is 6.67. The van der Waals surface area contributed by atoms with Crippen LogP contribution in [0.4, 0.5) is 0 Å². The van der Waals surface area contributed by atoms with Crippen LogP contribution in [0.3, 0.4) is 0 Å². The maximum absolute atomic E-state index is 12.1. The van der Waals surface area contributed by atoms with E-state index >= 15 is 0 Å². The number of nitrogens with one attached hydrogen (secondary N) is 1. The predicted molar refractivity (Wildman–Crippen MR) is 70.8 cm³/mol. The Morgan fingerprint density at radius 1 is 1.33 bits per heavy atom. The number of rotatable bonds is 4. The van der Waals surface area contributed by atoms with Crippen LogP contribution in [0.1, 0.15) is 32.6 Å². The third-order valence-corrected chi connectivity index (χ3v) is 3.71. The SMILES string of the molecule is CC1CCCC(N)C1C(=O)NCCC(=O)N(C)C. The molecule has 0 aromatic heterocycles. The van der Waals surface area contributed by atoms with Gasteiger partial charge in [-0.1, -0.05) is 13.3 Å². The first kappa shape index (κ1) is 15.0. The minimum Gasteiger partial charge on any atom is -0.355 e. The molecule has 3 atom stereocenters. The molecule has 0 aromatic carbocycles. The van der Waals surface area contributed by atoms with Gasteiger partial charge in [0.25, 0.3) is 0 Å². The van der Waals surface area contributed by atoms with Crippen molar-refractivity contribution in [2.75, 3.05) is 20.6 Å². The van der Waals surface area contributed by atoms with Gasteiger partial charge in [0.05, 0.1) is 5.92 Å². The van der Waals surface area contributed by atoms with Crippen LogP contribution < -0.4 is 11.1 Å². The summed E-state index contributed by atoms with van der Waals surface area (Å²) in [6, 6.07) is -0.0432. The van der Waals surface area contributed by atoms with Crippen molar-refractivity contribution in [2.24, 2.45) is 17.6 Å². The Morgan fingerprint density at radius 3 is 2.56 bits per heavy atom. The summed E-state index contributed by atoms with van der Waals surface area (Å²) in [4.78, 5) is 25.0. The van der Waals surface area contributed by atoms with Gasteiger partial charge in [0.2, 0.25) is 11.8 Å². The van der Waals surface area contributed by atoms with Gasteiger partial charge in [-0.2, -0.15) is 0 Å². The number of carbonyl (C=O) groups is 2. The smallest absolute Gasteiger partial charge is 0.224 e. The van der Waals surface area contributed by atoms with E-state index in [0.29, 0.717) is 18.9 Å². The zero-order valence-electron chi connectivity index (χ0n) is 11.6. The molecule has 0 saturated heterocycles. The van der Waals surface area contributed by atoms with Crippen molar-refractivity contribution in [3.05, 3.63) is 0 Å². The van der Waals surface area contributed by atoms with E-state index in [-0.39, 0.29) is 23.8 Å². The molecule has 3 unspecified atom stereocenters. The Kier molecular flexibility index (Phi) is 5.59. The molecule has 1 rings (SSSR count). The zero-order valence-corrected chi connectivity index (χ0v) is 11.6. The quantitative estimate of drug-likeness (QED) is 0.761. The number of nitrogens with zero attached hydrogens (tertiary/aromatic N) is 1. The first-order valence-corrected chi connectivity index (χ1v) is 6.67. The first-order chi connectivity index (χ1) is 8.43. The summed E-state index contributed by atoms with van der Waals surface area (Å²) in [5.41, 5.74) is 6.01. The van der Waals surface area contributed by atoms with E-state index in [4.69, 9.17) is 5.73 Å². The second kappa shape index (κ2) is 6.73. The number of nitrogens with two attached hydrogens (primary N) is 1. The molecule has 18 heavy (non-hydrogen) atoms. The lowest BCUT2D eigenvalue weighted by atomic mass is 9.76.